The van der Waals surface area contributed by atoms with Crippen molar-refractivity contribution in [3.63, 3.8) is 0 Å². The molecule has 0 heterocycles. The van der Waals surface area contributed by atoms with Gasteiger partial charge in [0.2, 0.25) is 10.0 Å². The average Bonchev–Trinajstić information content (AvgIpc) is 2.42. The van der Waals surface area contributed by atoms with E-state index in [0.717, 1.165) is 25.7 Å². The third kappa shape index (κ3) is 3.53. The van der Waals surface area contributed by atoms with Crippen molar-refractivity contribution < 1.29 is 8.42 Å². The van der Waals surface area contributed by atoms with Crippen LogP contribution in [0.15, 0.2) is 24.3 Å². The lowest BCUT2D eigenvalue weighted by Crippen LogP contribution is -2.49. The van der Waals surface area contributed by atoms with E-state index >= 15 is 0 Å². The predicted molar refractivity (Wildman–Crippen MR) is 86.2 cm³/mol. The van der Waals surface area contributed by atoms with Crippen molar-refractivity contribution >= 4 is 10.0 Å². The second kappa shape index (κ2) is 7.41. The Hall–Kier alpha value is -0.610. The molecule has 0 aromatic heterocycles. The number of unbranched alkanes of at least 4 members (excludes halogenated alkanes) is 2. The fourth-order valence-electron chi connectivity index (χ4n) is 2.44. The summed E-state index contributed by atoms with van der Waals surface area (Å²) in [6.45, 7) is 9.29. The fraction of sp³-hybridized carbons (Fsp3) is 0.750. The molecule has 2 unspecified atom stereocenters. The van der Waals surface area contributed by atoms with E-state index in [2.05, 4.69) is 13.8 Å². The predicted octanol–water partition coefficient (Wildman–Crippen LogP) is 3.74. The van der Waals surface area contributed by atoms with E-state index in [1.807, 2.05) is 38.2 Å². The van der Waals surface area contributed by atoms with Crippen molar-refractivity contribution in [3.8, 4) is 0 Å². The molecular formula is C16H29NO2S. The fourth-order valence-corrected chi connectivity index (χ4v) is 4.53. The van der Waals surface area contributed by atoms with Gasteiger partial charge in [-0.25, -0.2) is 12.7 Å². The van der Waals surface area contributed by atoms with Gasteiger partial charge in [-0.2, -0.15) is 0 Å². The maximum atomic E-state index is 13.1. The Morgan fingerprint density at radius 3 is 2.10 bits per heavy atom. The average molecular weight is 299 g/mol. The van der Waals surface area contributed by atoms with Crippen LogP contribution in [0, 0.1) is 5.92 Å². The summed E-state index contributed by atoms with van der Waals surface area (Å²) in [5.74, 6) is 0.00301. The Morgan fingerprint density at radius 1 is 1.10 bits per heavy atom. The van der Waals surface area contributed by atoms with E-state index in [4.69, 9.17) is 0 Å². The minimum Gasteiger partial charge on any atom is -0.211 e. The number of nitrogens with zero attached hydrogens (tertiary/aromatic N) is 1. The first-order valence-electron chi connectivity index (χ1n) is 7.75. The number of hydrogen-bond donors (Lipinski definition) is 0. The zero-order valence-corrected chi connectivity index (χ0v) is 14.1. The van der Waals surface area contributed by atoms with Crippen molar-refractivity contribution in [2.45, 2.75) is 58.1 Å². The molecule has 20 heavy (non-hydrogen) atoms. The Labute approximate surface area is 124 Å². The molecule has 0 spiro atoms. The highest BCUT2D eigenvalue weighted by Gasteiger charge is 2.44. The van der Waals surface area contributed by atoms with Crippen molar-refractivity contribution in [2.75, 3.05) is 13.1 Å². The molecule has 1 aliphatic carbocycles. The standard InChI is InChI=1S/C16H29NO2S/c1-5-7-13-17(14-8-6-2)20(18,19)16(4)12-10-9-11-15(16)3/h9-12,15H,5-8,13-14H2,1-4H3. The van der Waals surface area contributed by atoms with Gasteiger partial charge >= 0.3 is 0 Å². The van der Waals surface area contributed by atoms with Crippen molar-refractivity contribution in [1.29, 1.82) is 0 Å². The van der Waals surface area contributed by atoms with Crippen LogP contribution in [0.2, 0.25) is 0 Å². The molecule has 0 amide bonds. The molecule has 0 aromatic rings. The van der Waals surface area contributed by atoms with Crippen LogP contribution in [-0.2, 0) is 10.0 Å². The summed E-state index contributed by atoms with van der Waals surface area (Å²) < 4.78 is 27.0. The molecule has 0 bridgehead atoms. The maximum absolute atomic E-state index is 13.1. The van der Waals surface area contributed by atoms with Crippen molar-refractivity contribution in [3.05, 3.63) is 24.3 Å². The van der Waals surface area contributed by atoms with E-state index in [1.54, 1.807) is 4.31 Å². The number of allylic oxidation sites excluding steroid dienone is 3. The van der Waals surface area contributed by atoms with E-state index in [1.165, 1.54) is 0 Å². The van der Waals surface area contributed by atoms with E-state index in [0.29, 0.717) is 13.1 Å². The van der Waals surface area contributed by atoms with E-state index in [9.17, 15) is 8.42 Å². The molecule has 4 heteroatoms. The van der Waals surface area contributed by atoms with Crippen molar-refractivity contribution in [1.82, 2.24) is 4.31 Å². The van der Waals surface area contributed by atoms with Crippen LogP contribution in [0.5, 0.6) is 0 Å². The smallest absolute Gasteiger partial charge is 0.211 e. The highest BCUT2D eigenvalue weighted by molar-refractivity contribution is 7.90. The lowest BCUT2D eigenvalue weighted by Gasteiger charge is -2.37. The van der Waals surface area contributed by atoms with Gasteiger partial charge in [0.1, 0.15) is 4.75 Å². The van der Waals surface area contributed by atoms with Gasteiger partial charge in [0.15, 0.2) is 0 Å². The minimum atomic E-state index is -3.32. The first-order chi connectivity index (χ1) is 9.40. The van der Waals surface area contributed by atoms with Gasteiger partial charge in [-0.05, 0) is 25.7 Å². The molecule has 0 N–H and O–H groups in total. The second-order valence-electron chi connectivity index (χ2n) is 5.83. The van der Waals surface area contributed by atoms with Gasteiger partial charge in [-0.3, -0.25) is 0 Å². The van der Waals surface area contributed by atoms with E-state index in [-0.39, 0.29) is 5.92 Å². The lowest BCUT2D eigenvalue weighted by atomic mass is 9.91. The van der Waals surface area contributed by atoms with Crippen LogP contribution in [0.1, 0.15) is 53.4 Å². The molecule has 0 saturated heterocycles. The summed E-state index contributed by atoms with van der Waals surface area (Å²) in [7, 11) is -3.32. The topological polar surface area (TPSA) is 37.4 Å². The third-order valence-corrected chi connectivity index (χ3v) is 6.92. The minimum absolute atomic E-state index is 0.00301. The summed E-state index contributed by atoms with van der Waals surface area (Å²) >= 11 is 0. The van der Waals surface area contributed by atoms with Crippen LogP contribution in [0.4, 0.5) is 0 Å². The van der Waals surface area contributed by atoms with Crippen LogP contribution in [0.25, 0.3) is 0 Å². The molecule has 0 aromatic carbocycles. The number of rotatable bonds is 8. The summed E-state index contributed by atoms with van der Waals surface area (Å²) in [5.41, 5.74) is 0. The zero-order chi connectivity index (χ0) is 15.2. The monoisotopic (exact) mass is 299 g/mol. The summed E-state index contributed by atoms with van der Waals surface area (Å²) in [6, 6.07) is 0. The first kappa shape index (κ1) is 17.4. The maximum Gasteiger partial charge on any atom is 0.223 e. The molecule has 1 rings (SSSR count). The summed E-state index contributed by atoms with van der Waals surface area (Å²) in [6.07, 6.45) is 11.5. The van der Waals surface area contributed by atoms with Crippen LogP contribution < -0.4 is 0 Å². The van der Waals surface area contributed by atoms with Gasteiger partial charge in [-0.15, -0.1) is 0 Å². The van der Waals surface area contributed by atoms with E-state index < -0.39 is 14.8 Å². The SMILES string of the molecule is CCCCN(CCCC)S(=O)(=O)C1(C)C=CC=CC1C. The third-order valence-electron chi connectivity index (χ3n) is 4.26. The molecule has 3 nitrogen and oxygen atoms in total. The Morgan fingerprint density at radius 2 is 1.65 bits per heavy atom. The van der Waals surface area contributed by atoms with Gasteiger partial charge in [0.05, 0.1) is 0 Å². The molecule has 1 aliphatic rings. The molecular weight excluding hydrogens is 270 g/mol. The summed E-state index contributed by atoms with van der Waals surface area (Å²) in [5, 5.41) is 0. The zero-order valence-electron chi connectivity index (χ0n) is 13.3. The van der Waals surface area contributed by atoms with Crippen LogP contribution in [0.3, 0.4) is 0 Å². The Kier molecular flexibility index (Phi) is 6.46. The first-order valence-corrected chi connectivity index (χ1v) is 9.19. The molecule has 2 atom stereocenters. The molecule has 0 aliphatic heterocycles. The number of hydrogen-bond acceptors (Lipinski definition) is 2. The Bertz CT molecular complexity index is 445. The van der Waals surface area contributed by atoms with Gasteiger partial charge < -0.3 is 0 Å². The molecule has 116 valence electrons. The summed E-state index contributed by atoms with van der Waals surface area (Å²) in [4.78, 5) is 0. The Balaban J connectivity index is 3.02. The second-order valence-corrected chi connectivity index (χ2v) is 8.17. The largest absolute Gasteiger partial charge is 0.223 e. The van der Waals surface area contributed by atoms with Gasteiger partial charge in [0, 0.05) is 13.1 Å². The number of sulfonamides is 1. The normalized spacial score (nSPS) is 26.4. The van der Waals surface area contributed by atoms with Gasteiger partial charge in [0.25, 0.3) is 0 Å². The quantitative estimate of drug-likeness (QED) is 0.684. The van der Waals surface area contributed by atoms with Crippen LogP contribution >= 0.6 is 0 Å². The highest BCUT2D eigenvalue weighted by Crippen LogP contribution is 2.34. The lowest BCUT2D eigenvalue weighted by molar-refractivity contribution is 0.372. The van der Waals surface area contributed by atoms with Gasteiger partial charge in [-0.1, -0.05) is 57.9 Å². The highest BCUT2D eigenvalue weighted by atomic mass is 32.2. The van der Waals surface area contributed by atoms with Crippen LogP contribution in [-0.4, -0.2) is 30.6 Å². The molecule has 0 saturated carbocycles. The molecule has 0 radical (unpaired) electrons. The van der Waals surface area contributed by atoms with Crippen molar-refractivity contribution in [2.24, 2.45) is 5.92 Å². The molecule has 0 fully saturated rings.